The molecule has 9 nitrogen and oxygen atoms in total. The molecule has 0 saturated carbocycles. The Morgan fingerprint density at radius 1 is 1.00 bits per heavy atom. The van der Waals surface area contributed by atoms with Crippen molar-refractivity contribution in [2.75, 3.05) is 26.7 Å². The SMILES string of the molecule is CN(CC(=O)C(Cc1ccccc1)NC(=O)c1ccccc1)CC(=O)N1C[C@@H](Oc2ccc(F)cc2)CC1(C)C(=O)O. The number of likely N-dealkylation sites (tertiary alicyclic amines) is 1. The number of halogens is 1. The third kappa shape index (κ3) is 7.58. The molecule has 0 bridgehead atoms. The molecule has 3 aromatic carbocycles. The molecule has 3 aromatic rings. The Kier molecular flexibility index (Phi) is 9.69. The van der Waals surface area contributed by atoms with E-state index in [0.717, 1.165) is 5.56 Å². The zero-order chi connectivity index (χ0) is 30.3. The number of carbonyl (C=O) groups is 4. The summed E-state index contributed by atoms with van der Waals surface area (Å²) in [6, 6.07) is 22.4. The molecule has 4 rings (SSSR count). The van der Waals surface area contributed by atoms with Crippen molar-refractivity contribution in [1.29, 1.82) is 0 Å². The van der Waals surface area contributed by atoms with Crippen molar-refractivity contribution in [3.8, 4) is 5.75 Å². The molecule has 1 aliphatic heterocycles. The summed E-state index contributed by atoms with van der Waals surface area (Å²) >= 11 is 0. The van der Waals surface area contributed by atoms with E-state index >= 15 is 0 Å². The Morgan fingerprint density at radius 3 is 2.24 bits per heavy atom. The molecule has 10 heteroatoms. The topological polar surface area (TPSA) is 116 Å². The third-order valence-corrected chi connectivity index (χ3v) is 7.33. The van der Waals surface area contributed by atoms with Crippen molar-refractivity contribution < 1.29 is 33.4 Å². The second kappa shape index (κ2) is 13.4. The van der Waals surface area contributed by atoms with Gasteiger partial charge in [-0.05, 0) is 62.4 Å². The maximum atomic E-state index is 13.4. The van der Waals surface area contributed by atoms with Crippen LogP contribution in [0.5, 0.6) is 5.75 Å². The van der Waals surface area contributed by atoms with Crippen molar-refractivity contribution in [2.45, 2.75) is 37.5 Å². The second-order valence-corrected chi connectivity index (χ2v) is 10.7. The Balaban J connectivity index is 1.42. The number of carboxylic acids is 1. The summed E-state index contributed by atoms with van der Waals surface area (Å²) in [6.07, 6.45) is -0.305. The van der Waals surface area contributed by atoms with Gasteiger partial charge >= 0.3 is 5.97 Å². The minimum atomic E-state index is -1.52. The highest BCUT2D eigenvalue weighted by Crippen LogP contribution is 2.32. The van der Waals surface area contributed by atoms with E-state index in [9.17, 15) is 28.7 Å². The smallest absolute Gasteiger partial charge is 0.329 e. The van der Waals surface area contributed by atoms with Gasteiger partial charge in [-0.3, -0.25) is 19.3 Å². The molecule has 42 heavy (non-hydrogen) atoms. The summed E-state index contributed by atoms with van der Waals surface area (Å²) < 4.78 is 19.1. The van der Waals surface area contributed by atoms with E-state index in [4.69, 9.17) is 4.74 Å². The van der Waals surface area contributed by atoms with Crippen molar-refractivity contribution in [3.63, 3.8) is 0 Å². The van der Waals surface area contributed by atoms with Crippen molar-refractivity contribution in [2.24, 2.45) is 0 Å². The maximum Gasteiger partial charge on any atom is 0.329 e. The van der Waals surface area contributed by atoms with Gasteiger partial charge in [0.2, 0.25) is 5.91 Å². The zero-order valence-corrected chi connectivity index (χ0v) is 23.5. The minimum absolute atomic E-state index is 0.0184. The summed E-state index contributed by atoms with van der Waals surface area (Å²) in [6.45, 7) is 1.11. The summed E-state index contributed by atoms with van der Waals surface area (Å²) in [5.41, 5.74) is -0.234. The van der Waals surface area contributed by atoms with Crippen LogP contribution in [0.3, 0.4) is 0 Å². The lowest BCUT2D eigenvalue weighted by Gasteiger charge is -2.32. The lowest BCUT2D eigenvalue weighted by Crippen LogP contribution is -2.54. The van der Waals surface area contributed by atoms with Gasteiger partial charge in [0, 0.05) is 12.0 Å². The van der Waals surface area contributed by atoms with Gasteiger partial charge in [-0.15, -0.1) is 0 Å². The van der Waals surface area contributed by atoms with Gasteiger partial charge in [0.15, 0.2) is 5.78 Å². The monoisotopic (exact) mass is 575 g/mol. The Morgan fingerprint density at radius 2 is 1.62 bits per heavy atom. The van der Waals surface area contributed by atoms with Gasteiger partial charge in [0.25, 0.3) is 5.91 Å². The molecule has 2 amide bonds. The molecule has 1 heterocycles. The molecule has 0 aliphatic carbocycles. The molecule has 0 radical (unpaired) electrons. The zero-order valence-electron chi connectivity index (χ0n) is 23.5. The number of amides is 2. The molecule has 1 saturated heterocycles. The van der Waals surface area contributed by atoms with E-state index in [1.165, 1.54) is 41.0 Å². The van der Waals surface area contributed by atoms with Crippen molar-refractivity contribution in [3.05, 3.63) is 102 Å². The lowest BCUT2D eigenvalue weighted by atomic mass is 9.98. The van der Waals surface area contributed by atoms with Crippen LogP contribution in [0.4, 0.5) is 4.39 Å². The molecule has 2 N–H and O–H groups in total. The highest BCUT2D eigenvalue weighted by atomic mass is 19.1. The van der Waals surface area contributed by atoms with Crippen LogP contribution in [0.1, 0.15) is 29.3 Å². The standard InChI is InChI=1S/C32H34FN3O6/c1-32(31(40)41)18-26(42-25-15-13-24(33)14-16-25)19-36(32)29(38)21-35(2)20-28(37)27(17-22-9-5-3-6-10-22)34-30(39)23-11-7-4-8-12-23/h3-16,26-27H,17-21H2,1-2H3,(H,34,39)(H,40,41)/t26-,27?,32?/m0/s1. The van der Waals surface area contributed by atoms with E-state index in [1.54, 1.807) is 37.4 Å². The Bertz CT molecular complexity index is 1400. The number of carbonyl (C=O) groups excluding carboxylic acids is 3. The second-order valence-electron chi connectivity index (χ2n) is 10.7. The average Bonchev–Trinajstić information content (AvgIpc) is 3.32. The number of nitrogens with zero attached hydrogens (tertiary/aromatic N) is 2. The first-order valence-electron chi connectivity index (χ1n) is 13.6. The number of benzene rings is 3. The molecule has 1 fully saturated rings. The Labute approximate surface area is 243 Å². The van der Waals surface area contributed by atoms with Gasteiger partial charge in [-0.1, -0.05) is 48.5 Å². The van der Waals surface area contributed by atoms with Crippen LogP contribution in [0, 0.1) is 5.82 Å². The van der Waals surface area contributed by atoms with E-state index < -0.39 is 35.4 Å². The molecule has 2 unspecified atom stereocenters. The number of aliphatic carboxylic acids is 1. The molecule has 220 valence electrons. The van der Waals surface area contributed by atoms with Crippen LogP contribution >= 0.6 is 0 Å². The van der Waals surface area contributed by atoms with Crippen LogP contribution < -0.4 is 10.1 Å². The van der Waals surface area contributed by atoms with Gasteiger partial charge < -0.3 is 20.1 Å². The van der Waals surface area contributed by atoms with Crippen LogP contribution in [0.25, 0.3) is 0 Å². The lowest BCUT2D eigenvalue weighted by molar-refractivity contribution is -0.155. The maximum absolute atomic E-state index is 13.4. The van der Waals surface area contributed by atoms with Gasteiger partial charge in [-0.25, -0.2) is 9.18 Å². The average molecular weight is 576 g/mol. The van der Waals surface area contributed by atoms with E-state index in [1.807, 2.05) is 30.3 Å². The number of Topliss-reactive ketones (excluding diaryl/α,β-unsaturated/α-hetero) is 1. The quantitative estimate of drug-likeness (QED) is 0.341. The highest BCUT2D eigenvalue weighted by molar-refractivity contribution is 5.98. The van der Waals surface area contributed by atoms with Crippen LogP contribution in [0.2, 0.25) is 0 Å². The number of hydrogen-bond acceptors (Lipinski definition) is 6. The fourth-order valence-corrected chi connectivity index (χ4v) is 5.06. The fraction of sp³-hybridized carbons (Fsp3) is 0.312. The minimum Gasteiger partial charge on any atom is -0.488 e. The van der Waals surface area contributed by atoms with E-state index in [2.05, 4.69) is 5.32 Å². The largest absolute Gasteiger partial charge is 0.488 e. The van der Waals surface area contributed by atoms with Crippen LogP contribution in [0.15, 0.2) is 84.9 Å². The van der Waals surface area contributed by atoms with E-state index in [0.29, 0.717) is 11.3 Å². The molecule has 1 aliphatic rings. The first-order valence-corrected chi connectivity index (χ1v) is 13.6. The fourth-order valence-electron chi connectivity index (χ4n) is 5.06. The number of likely N-dealkylation sites (N-methyl/N-ethyl adjacent to an activating group) is 1. The van der Waals surface area contributed by atoms with Crippen LogP contribution in [-0.2, 0) is 20.8 Å². The van der Waals surface area contributed by atoms with Gasteiger partial charge in [0.05, 0.1) is 25.7 Å². The first-order chi connectivity index (χ1) is 20.0. The molecule has 0 aromatic heterocycles. The molecular formula is C32H34FN3O6. The predicted octanol–water partition coefficient (Wildman–Crippen LogP) is 3.19. The number of ether oxygens (including phenoxy) is 1. The summed E-state index contributed by atoms with van der Waals surface area (Å²) in [4.78, 5) is 54.6. The molecular weight excluding hydrogens is 541 g/mol. The summed E-state index contributed by atoms with van der Waals surface area (Å²) in [5.74, 6) is -2.39. The Hall–Kier alpha value is -4.57. The van der Waals surface area contributed by atoms with Gasteiger partial charge in [-0.2, -0.15) is 0 Å². The third-order valence-electron chi connectivity index (χ3n) is 7.33. The van der Waals surface area contributed by atoms with Crippen LogP contribution in [-0.4, -0.2) is 82.8 Å². The number of nitrogens with one attached hydrogen (secondary N) is 1. The molecule has 0 spiro atoms. The van der Waals surface area contributed by atoms with E-state index in [-0.39, 0.29) is 44.2 Å². The summed E-state index contributed by atoms with van der Waals surface area (Å²) in [5, 5.41) is 12.8. The molecule has 3 atom stereocenters. The van der Waals surface area contributed by atoms with Crippen molar-refractivity contribution >= 4 is 23.6 Å². The number of carboxylic acid groups (broad SMARTS) is 1. The first kappa shape index (κ1) is 30.4. The number of ketones is 1. The highest BCUT2D eigenvalue weighted by Gasteiger charge is 2.51. The number of hydrogen-bond donors (Lipinski definition) is 2. The predicted molar refractivity (Wildman–Crippen MR) is 154 cm³/mol. The number of rotatable bonds is 12. The van der Waals surface area contributed by atoms with Crippen molar-refractivity contribution in [1.82, 2.24) is 15.1 Å². The normalized spacial score (nSPS) is 18.9. The summed E-state index contributed by atoms with van der Waals surface area (Å²) in [7, 11) is 1.59. The van der Waals surface area contributed by atoms with Gasteiger partial charge in [0.1, 0.15) is 23.2 Å².